The molecule has 0 bridgehead atoms. The van der Waals surface area contributed by atoms with Crippen LogP contribution < -0.4 is 10.2 Å². The van der Waals surface area contributed by atoms with Crippen LogP contribution in [0.15, 0.2) is 6.07 Å². The van der Waals surface area contributed by atoms with Crippen molar-refractivity contribution in [3.8, 4) is 0 Å². The normalized spacial score (nSPS) is 12.2. The molecule has 4 nitrogen and oxygen atoms in total. The second-order valence-electron chi connectivity index (χ2n) is 5.22. The molecule has 1 atom stereocenters. The monoisotopic (exact) mass is 278 g/mol. The molecule has 1 heterocycles. The van der Waals surface area contributed by atoms with E-state index in [1.807, 2.05) is 0 Å². The summed E-state index contributed by atoms with van der Waals surface area (Å²) in [7, 11) is 0. The number of aromatic nitrogens is 2. The number of anilines is 2. The van der Waals surface area contributed by atoms with Gasteiger partial charge in [-0.3, -0.25) is 0 Å². The fraction of sp³-hybridized carbons (Fsp3) is 0.750. The molecule has 1 N–H and O–H groups in total. The highest BCUT2D eigenvalue weighted by atomic mass is 15.2. The fourth-order valence-electron chi connectivity index (χ4n) is 2.17. The van der Waals surface area contributed by atoms with E-state index in [-0.39, 0.29) is 0 Å². The minimum absolute atomic E-state index is 0.510. The summed E-state index contributed by atoms with van der Waals surface area (Å²) in [6, 6.07) is 2.60. The Labute approximate surface area is 124 Å². The average molecular weight is 278 g/mol. The summed E-state index contributed by atoms with van der Waals surface area (Å²) in [6.07, 6.45) is 4.41. The van der Waals surface area contributed by atoms with Gasteiger partial charge in [-0.1, -0.05) is 27.2 Å². The summed E-state index contributed by atoms with van der Waals surface area (Å²) in [5.74, 6) is 2.93. The van der Waals surface area contributed by atoms with Gasteiger partial charge >= 0.3 is 0 Å². The van der Waals surface area contributed by atoms with Gasteiger partial charge in [0, 0.05) is 31.6 Å². The number of nitrogens with zero attached hydrogens (tertiary/aromatic N) is 3. The standard InChI is InChI=1S/C16H30N4/c1-6-10-11-20(13(5)7-2)16-12-15(17-9-4)18-14(8-3)19-16/h12-13H,6-11H2,1-5H3,(H,17,18,19). The van der Waals surface area contributed by atoms with Gasteiger partial charge in [0.25, 0.3) is 0 Å². The molecule has 0 aliphatic heterocycles. The smallest absolute Gasteiger partial charge is 0.134 e. The fourth-order valence-corrected chi connectivity index (χ4v) is 2.17. The molecule has 0 aliphatic carbocycles. The van der Waals surface area contributed by atoms with Crippen molar-refractivity contribution in [2.45, 2.75) is 66.3 Å². The first-order valence-electron chi connectivity index (χ1n) is 8.04. The highest BCUT2D eigenvalue weighted by molar-refractivity contribution is 5.50. The van der Waals surface area contributed by atoms with Crippen LogP contribution >= 0.6 is 0 Å². The molecular weight excluding hydrogens is 248 g/mol. The first kappa shape index (κ1) is 16.7. The van der Waals surface area contributed by atoms with Gasteiger partial charge in [-0.25, -0.2) is 9.97 Å². The van der Waals surface area contributed by atoms with Crippen molar-refractivity contribution >= 4 is 11.6 Å². The van der Waals surface area contributed by atoms with E-state index < -0.39 is 0 Å². The lowest BCUT2D eigenvalue weighted by Crippen LogP contribution is -2.34. The number of unbranched alkanes of at least 4 members (excludes halogenated alkanes) is 1. The topological polar surface area (TPSA) is 41.0 Å². The highest BCUT2D eigenvalue weighted by Crippen LogP contribution is 2.20. The third-order valence-electron chi connectivity index (χ3n) is 3.60. The van der Waals surface area contributed by atoms with E-state index in [2.05, 4.69) is 55.9 Å². The van der Waals surface area contributed by atoms with Crippen LogP contribution in [0.1, 0.15) is 59.7 Å². The zero-order valence-corrected chi connectivity index (χ0v) is 13.7. The number of rotatable bonds is 9. The Morgan fingerprint density at radius 1 is 1.20 bits per heavy atom. The lowest BCUT2D eigenvalue weighted by atomic mass is 10.2. The highest BCUT2D eigenvalue weighted by Gasteiger charge is 2.15. The van der Waals surface area contributed by atoms with Crippen LogP contribution in [0.3, 0.4) is 0 Å². The average Bonchev–Trinajstić information content (AvgIpc) is 2.47. The Hall–Kier alpha value is -1.32. The molecule has 1 aromatic rings. The lowest BCUT2D eigenvalue weighted by molar-refractivity contribution is 0.588. The van der Waals surface area contributed by atoms with Gasteiger partial charge in [-0.2, -0.15) is 0 Å². The molecule has 4 heteroatoms. The predicted octanol–water partition coefficient (Wildman–Crippen LogP) is 3.88. The minimum atomic E-state index is 0.510. The molecule has 1 unspecified atom stereocenters. The maximum atomic E-state index is 4.73. The molecule has 0 saturated heterocycles. The maximum Gasteiger partial charge on any atom is 0.134 e. The molecule has 20 heavy (non-hydrogen) atoms. The first-order valence-corrected chi connectivity index (χ1v) is 8.04. The Kier molecular flexibility index (Phi) is 7.34. The summed E-state index contributed by atoms with van der Waals surface area (Å²) >= 11 is 0. The Balaban J connectivity index is 3.06. The molecule has 1 rings (SSSR count). The van der Waals surface area contributed by atoms with Crippen LogP contribution in [0.4, 0.5) is 11.6 Å². The van der Waals surface area contributed by atoms with E-state index >= 15 is 0 Å². The first-order chi connectivity index (χ1) is 9.65. The van der Waals surface area contributed by atoms with Gasteiger partial charge < -0.3 is 10.2 Å². The molecule has 1 aromatic heterocycles. The number of hydrogen-bond acceptors (Lipinski definition) is 4. The molecule has 0 radical (unpaired) electrons. The number of aryl methyl sites for hydroxylation is 1. The molecule has 0 amide bonds. The number of hydrogen-bond donors (Lipinski definition) is 1. The van der Waals surface area contributed by atoms with Crippen molar-refractivity contribution in [2.24, 2.45) is 0 Å². The van der Waals surface area contributed by atoms with E-state index in [1.54, 1.807) is 0 Å². The van der Waals surface area contributed by atoms with Crippen LogP contribution in [-0.2, 0) is 6.42 Å². The van der Waals surface area contributed by atoms with Gasteiger partial charge in [0.1, 0.15) is 17.5 Å². The summed E-state index contributed by atoms with van der Waals surface area (Å²) in [5, 5.41) is 3.31. The summed E-state index contributed by atoms with van der Waals surface area (Å²) < 4.78 is 0. The predicted molar refractivity (Wildman–Crippen MR) is 87.6 cm³/mol. The molecule has 0 saturated carbocycles. The van der Waals surface area contributed by atoms with Gasteiger partial charge in [-0.05, 0) is 26.7 Å². The second-order valence-corrected chi connectivity index (χ2v) is 5.22. The van der Waals surface area contributed by atoms with E-state index in [9.17, 15) is 0 Å². The largest absolute Gasteiger partial charge is 0.370 e. The van der Waals surface area contributed by atoms with Crippen molar-refractivity contribution in [3.05, 3.63) is 11.9 Å². The van der Waals surface area contributed by atoms with E-state index in [0.29, 0.717) is 6.04 Å². The lowest BCUT2D eigenvalue weighted by Gasteiger charge is -2.30. The van der Waals surface area contributed by atoms with Crippen molar-refractivity contribution in [3.63, 3.8) is 0 Å². The Morgan fingerprint density at radius 3 is 2.50 bits per heavy atom. The molecule has 0 spiro atoms. The number of nitrogens with one attached hydrogen (secondary N) is 1. The Morgan fingerprint density at radius 2 is 1.95 bits per heavy atom. The summed E-state index contributed by atoms with van der Waals surface area (Å²) in [4.78, 5) is 11.7. The minimum Gasteiger partial charge on any atom is -0.370 e. The van der Waals surface area contributed by atoms with Gasteiger partial charge in [0.2, 0.25) is 0 Å². The maximum absolute atomic E-state index is 4.73. The third-order valence-corrected chi connectivity index (χ3v) is 3.60. The van der Waals surface area contributed by atoms with Crippen molar-refractivity contribution in [1.82, 2.24) is 9.97 Å². The van der Waals surface area contributed by atoms with E-state index in [0.717, 1.165) is 43.4 Å². The summed E-state index contributed by atoms with van der Waals surface area (Å²) in [5.41, 5.74) is 0. The molecule has 0 aromatic carbocycles. The van der Waals surface area contributed by atoms with Gasteiger partial charge in [0.15, 0.2) is 0 Å². The van der Waals surface area contributed by atoms with Crippen molar-refractivity contribution in [1.29, 1.82) is 0 Å². The van der Waals surface area contributed by atoms with Crippen LogP contribution in [0.25, 0.3) is 0 Å². The van der Waals surface area contributed by atoms with Crippen LogP contribution in [0.5, 0.6) is 0 Å². The SMILES string of the molecule is CCCCN(c1cc(NCC)nc(CC)n1)C(C)CC. The van der Waals surface area contributed by atoms with E-state index in [4.69, 9.17) is 4.98 Å². The molecule has 0 aliphatic rings. The zero-order valence-electron chi connectivity index (χ0n) is 13.7. The van der Waals surface area contributed by atoms with Crippen molar-refractivity contribution < 1.29 is 0 Å². The van der Waals surface area contributed by atoms with Crippen molar-refractivity contribution in [2.75, 3.05) is 23.3 Å². The van der Waals surface area contributed by atoms with Gasteiger partial charge in [-0.15, -0.1) is 0 Å². The molecule has 0 fully saturated rings. The summed E-state index contributed by atoms with van der Waals surface area (Å²) in [6.45, 7) is 12.9. The molecular formula is C16H30N4. The molecule has 114 valence electrons. The van der Waals surface area contributed by atoms with Gasteiger partial charge in [0.05, 0.1) is 0 Å². The van der Waals surface area contributed by atoms with Crippen LogP contribution in [-0.4, -0.2) is 29.1 Å². The zero-order chi connectivity index (χ0) is 15.0. The second kappa shape index (κ2) is 8.77. The van der Waals surface area contributed by atoms with E-state index in [1.165, 1.54) is 12.8 Å². The third kappa shape index (κ3) is 4.66. The Bertz CT molecular complexity index is 392. The van der Waals surface area contributed by atoms with Crippen LogP contribution in [0.2, 0.25) is 0 Å². The van der Waals surface area contributed by atoms with Crippen LogP contribution in [0, 0.1) is 0 Å². The quantitative estimate of drug-likeness (QED) is 0.744.